The number of pyridine rings is 1. The Morgan fingerprint density at radius 3 is 2.62 bits per heavy atom. The van der Waals surface area contributed by atoms with Crippen LogP contribution >= 0.6 is 0 Å². The van der Waals surface area contributed by atoms with Crippen molar-refractivity contribution >= 4 is 11.7 Å². The van der Waals surface area contributed by atoms with E-state index < -0.39 is 0 Å². The van der Waals surface area contributed by atoms with E-state index in [-0.39, 0.29) is 11.9 Å². The summed E-state index contributed by atoms with van der Waals surface area (Å²) in [4.78, 5) is 18.6. The van der Waals surface area contributed by atoms with E-state index >= 15 is 0 Å². The van der Waals surface area contributed by atoms with Crippen LogP contribution in [0, 0.1) is 6.92 Å². The van der Waals surface area contributed by atoms with Crippen molar-refractivity contribution in [3.63, 3.8) is 0 Å². The first kappa shape index (κ1) is 17.4. The van der Waals surface area contributed by atoms with Gasteiger partial charge in [-0.3, -0.25) is 4.79 Å². The number of nitrogens with zero attached hydrogens (tertiary/aromatic N) is 2. The average molecular weight is 292 g/mol. The molecule has 0 aliphatic heterocycles. The highest BCUT2D eigenvalue weighted by molar-refractivity contribution is 5.95. The van der Waals surface area contributed by atoms with Crippen LogP contribution in [0.25, 0.3) is 0 Å². The summed E-state index contributed by atoms with van der Waals surface area (Å²) in [5, 5.41) is 3.02. The number of nitrogens with one attached hydrogen (secondary N) is 1. The van der Waals surface area contributed by atoms with Gasteiger partial charge in [0.2, 0.25) is 0 Å². The molecule has 0 aliphatic carbocycles. The SMILES string of the molecule is CCN(CC)CCCC(C)NC(=O)c1cc(C)nc(N)c1. The number of aryl methyl sites for hydroxylation is 1. The zero-order valence-electron chi connectivity index (χ0n) is 13.6. The number of amides is 1. The van der Waals surface area contributed by atoms with Gasteiger partial charge in [0.05, 0.1) is 0 Å². The normalized spacial score (nSPS) is 12.4. The third kappa shape index (κ3) is 6.12. The molecule has 5 nitrogen and oxygen atoms in total. The fraction of sp³-hybridized carbons (Fsp3) is 0.625. The minimum absolute atomic E-state index is 0.0810. The molecule has 1 aromatic heterocycles. The van der Waals surface area contributed by atoms with E-state index in [0.29, 0.717) is 11.4 Å². The largest absolute Gasteiger partial charge is 0.384 e. The highest BCUT2D eigenvalue weighted by Crippen LogP contribution is 2.08. The second-order valence-corrected chi connectivity index (χ2v) is 5.47. The van der Waals surface area contributed by atoms with Crippen molar-refractivity contribution in [2.45, 2.75) is 46.6 Å². The van der Waals surface area contributed by atoms with E-state index in [4.69, 9.17) is 5.73 Å². The Labute approximate surface area is 127 Å². The van der Waals surface area contributed by atoms with Gasteiger partial charge in [-0.1, -0.05) is 13.8 Å². The lowest BCUT2D eigenvalue weighted by Crippen LogP contribution is -2.33. The van der Waals surface area contributed by atoms with Crippen LogP contribution in [0.15, 0.2) is 12.1 Å². The molecule has 0 aliphatic rings. The maximum atomic E-state index is 12.2. The van der Waals surface area contributed by atoms with Crippen molar-refractivity contribution < 1.29 is 4.79 Å². The Bertz CT molecular complexity index is 437. The Hall–Kier alpha value is -1.62. The van der Waals surface area contributed by atoms with Crippen molar-refractivity contribution in [2.75, 3.05) is 25.4 Å². The van der Waals surface area contributed by atoms with Crippen LogP contribution in [-0.4, -0.2) is 41.5 Å². The minimum atomic E-state index is -0.0810. The van der Waals surface area contributed by atoms with Crippen molar-refractivity contribution in [1.29, 1.82) is 0 Å². The van der Waals surface area contributed by atoms with Crippen LogP contribution in [-0.2, 0) is 0 Å². The van der Waals surface area contributed by atoms with Crippen LogP contribution in [0.4, 0.5) is 5.82 Å². The zero-order chi connectivity index (χ0) is 15.8. The summed E-state index contributed by atoms with van der Waals surface area (Å²) in [6.07, 6.45) is 2.06. The van der Waals surface area contributed by atoms with Gasteiger partial charge in [0, 0.05) is 17.3 Å². The Morgan fingerprint density at radius 1 is 1.38 bits per heavy atom. The molecule has 0 saturated carbocycles. The second kappa shape index (κ2) is 8.62. The van der Waals surface area contributed by atoms with Crippen molar-refractivity contribution in [1.82, 2.24) is 15.2 Å². The summed E-state index contributed by atoms with van der Waals surface area (Å²) in [6, 6.07) is 3.53. The van der Waals surface area contributed by atoms with Gasteiger partial charge in [-0.25, -0.2) is 4.98 Å². The first-order valence-corrected chi connectivity index (χ1v) is 7.73. The molecule has 21 heavy (non-hydrogen) atoms. The summed E-state index contributed by atoms with van der Waals surface area (Å²) < 4.78 is 0. The Kier molecular flexibility index (Phi) is 7.15. The molecule has 1 unspecified atom stereocenters. The summed E-state index contributed by atoms with van der Waals surface area (Å²) in [7, 11) is 0. The Balaban J connectivity index is 2.43. The van der Waals surface area contributed by atoms with Gasteiger partial charge in [0.25, 0.3) is 5.91 Å². The molecular weight excluding hydrogens is 264 g/mol. The maximum Gasteiger partial charge on any atom is 0.251 e. The Morgan fingerprint density at radius 2 is 2.05 bits per heavy atom. The van der Waals surface area contributed by atoms with Crippen molar-refractivity contribution in [2.24, 2.45) is 0 Å². The summed E-state index contributed by atoms with van der Waals surface area (Å²) in [6.45, 7) is 11.4. The molecule has 0 saturated heterocycles. The summed E-state index contributed by atoms with van der Waals surface area (Å²) in [5.74, 6) is 0.303. The summed E-state index contributed by atoms with van der Waals surface area (Å²) >= 11 is 0. The monoisotopic (exact) mass is 292 g/mol. The molecule has 1 atom stereocenters. The zero-order valence-corrected chi connectivity index (χ0v) is 13.6. The molecule has 0 aromatic carbocycles. The van der Waals surface area contributed by atoms with Gasteiger partial charge in [-0.05, 0) is 58.5 Å². The van der Waals surface area contributed by atoms with Crippen LogP contribution in [0.5, 0.6) is 0 Å². The molecule has 1 aromatic rings. The standard InChI is InChI=1S/C16H28N4O/c1-5-20(6-2)9-7-8-12(3)19-16(21)14-10-13(4)18-15(17)11-14/h10-12H,5-9H2,1-4H3,(H2,17,18)(H,19,21). The molecule has 118 valence electrons. The molecule has 0 bridgehead atoms. The molecule has 3 N–H and O–H groups in total. The number of anilines is 1. The second-order valence-electron chi connectivity index (χ2n) is 5.47. The number of carbonyl (C=O) groups excluding carboxylic acids is 1. The molecule has 1 heterocycles. The first-order valence-electron chi connectivity index (χ1n) is 7.73. The highest BCUT2D eigenvalue weighted by Gasteiger charge is 2.11. The smallest absolute Gasteiger partial charge is 0.251 e. The van der Waals surface area contributed by atoms with Gasteiger partial charge in [0.15, 0.2) is 0 Å². The molecule has 5 heteroatoms. The predicted molar refractivity (Wildman–Crippen MR) is 87.3 cm³/mol. The number of aromatic nitrogens is 1. The maximum absolute atomic E-state index is 12.2. The van der Waals surface area contributed by atoms with Crippen LogP contribution < -0.4 is 11.1 Å². The molecule has 0 radical (unpaired) electrons. The van der Waals surface area contributed by atoms with E-state index in [1.54, 1.807) is 12.1 Å². The van der Waals surface area contributed by atoms with E-state index in [1.165, 1.54) is 0 Å². The fourth-order valence-electron chi connectivity index (χ4n) is 2.37. The summed E-state index contributed by atoms with van der Waals surface area (Å²) in [5.41, 5.74) is 7.01. The van der Waals surface area contributed by atoms with Gasteiger partial charge in [0.1, 0.15) is 5.82 Å². The number of carbonyl (C=O) groups is 1. The third-order valence-electron chi connectivity index (χ3n) is 3.62. The number of rotatable bonds is 8. The molecule has 0 fully saturated rings. The van der Waals surface area contributed by atoms with Crippen molar-refractivity contribution in [3.05, 3.63) is 23.4 Å². The van der Waals surface area contributed by atoms with E-state index in [0.717, 1.165) is 38.2 Å². The van der Waals surface area contributed by atoms with E-state index in [2.05, 4.69) is 29.0 Å². The quantitative estimate of drug-likeness (QED) is 0.770. The molecule has 0 spiro atoms. The number of nitrogens with two attached hydrogens (primary N) is 1. The van der Waals surface area contributed by atoms with Gasteiger partial charge >= 0.3 is 0 Å². The van der Waals surface area contributed by atoms with Crippen LogP contribution in [0.1, 0.15) is 49.7 Å². The topological polar surface area (TPSA) is 71.2 Å². The van der Waals surface area contributed by atoms with Gasteiger partial charge < -0.3 is 16.0 Å². The lowest BCUT2D eigenvalue weighted by atomic mass is 10.1. The number of hydrogen-bond donors (Lipinski definition) is 2. The molecular formula is C16H28N4O. The molecule has 1 amide bonds. The first-order chi connectivity index (χ1) is 9.96. The van der Waals surface area contributed by atoms with Crippen LogP contribution in [0.2, 0.25) is 0 Å². The lowest BCUT2D eigenvalue weighted by Gasteiger charge is -2.19. The lowest BCUT2D eigenvalue weighted by molar-refractivity contribution is 0.0937. The average Bonchev–Trinajstić information content (AvgIpc) is 2.42. The van der Waals surface area contributed by atoms with Gasteiger partial charge in [-0.15, -0.1) is 0 Å². The van der Waals surface area contributed by atoms with E-state index in [1.807, 2.05) is 13.8 Å². The third-order valence-corrected chi connectivity index (χ3v) is 3.62. The van der Waals surface area contributed by atoms with Crippen molar-refractivity contribution in [3.8, 4) is 0 Å². The minimum Gasteiger partial charge on any atom is -0.384 e. The van der Waals surface area contributed by atoms with Crippen LogP contribution in [0.3, 0.4) is 0 Å². The highest BCUT2D eigenvalue weighted by atomic mass is 16.1. The number of nitrogen functional groups attached to an aromatic ring is 1. The van der Waals surface area contributed by atoms with Gasteiger partial charge in [-0.2, -0.15) is 0 Å². The fourth-order valence-corrected chi connectivity index (χ4v) is 2.37. The predicted octanol–water partition coefficient (Wildman–Crippen LogP) is 2.21. The van der Waals surface area contributed by atoms with E-state index in [9.17, 15) is 4.79 Å². The number of hydrogen-bond acceptors (Lipinski definition) is 4. The molecule has 1 rings (SSSR count).